The quantitative estimate of drug-likeness (QED) is 0.0521. The summed E-state index contributed by atoms with van der Waals surface area (Å²) >= 11 is 0. The molecule has 1 fully saturated rings. The minimum Gasteiger partial charge on any atom is -1.00 e. The van der Waals surface area contributed by atoms with Gasteiger partial charge in [-0.05, 0) is 72.9 Å². The van der Waals surface area contributed by atoms with Crippen molar-refractivity contribution in [2.45, 2.75) is 149 Å². The van der Waals surface area contributed by atoms with E-state index in [1.807, 2.05) is 118 Å². The zero-order valence-corrected chi connectivity index (χ0v) is 51.4. The highest BCUT2D eigenvalue weighted by atomic mass is 79.9. The van der Waals surface area contributed by atoms with Crippen LogP contribution >= 0.6 is 9.12 Å². The molecule has 1 saturated heterocycles. The molecule has 0 spiro atoms. The van der Waals surface area contributed by atoms with Crippen LogP contribution in [0.5, 0.6) is 0 Å². The molecule has 3 unspecified atom stereocenters. The maximum Gasteiger partial charge on any atom is 0.465 e. The Hall–Kier alpha value is -5.47. The number of hydrogen-bond acceptors (Lipinski definition) is 13. The Bertz CT molecular complexity index is 2920. The van der Waals surface area contributed by atoms with Gasteiger partial charge in [0.05, 0.1) is 32.0 Å². The number of rotatable bonds is 8. The fourth-order valence-electron chi connectivity index (χ4n) is 8.57. The topological polar surface area (TPSA) is 251 Å². The highest BCUT2D eigenvalue weighted by Crippen LogP contribution is 2.47. The van der Waals surface area contributed by atoms with Crippen molar-refractivity contribution in [1.82, 2.24) is 52.9 Å². The van der Waals surface area contributed by atoms with Gasteiger partial charge in [0.15, 0.2) is 29.4 Å². The maximum atomic E-state index is 13.1. The van der Waals surface area contributed by atoms with E-state index in [9.17, 15) is 36.0 Å². The van der Waals surface area contributed by atoms with Crippen LogP contribution in [0.3, 0.4) is 0 Å². The number of imidazole rings is 5. The van der Waals surface area contributed by atoms with Crippen molar-refractivity contribution in [2.24, 2.45) is 35.2 Å². The Morgan fingerprint density at radius 3 is 1.53 bits per heavy atom. The number of aryl methyl sites for hydroxylation is 6. The molecule has 9 rings (SSSR count). The van der Waals surface area contributed by atoms with Gasteiger partial charge in [0.1, 0.15) is 24.8 Å². The number of aromatic nitrogens is 10. The third-order valence-corrected chi connectivity index (χ3v) is 16.1. The highest BCUT2D eigenvalue weighted by Gasteiger charge is 2.64. The average molecular weight is 1170 g/mol. The molecule has 8 heterocycles. The van der Waals surface area contributed by atoms with E-state index in [-0.39, 0.29) is 38.8 Å². The van der Waals surface area contributed by atoms with Gasteiger partial charge in [0, 0.05) is 105 Å². The first kappa shape index (κ1) is 66.8. The number of nitrogens with zero attached hydrogens (tertiary/aromatic N) is 14. The third-order valence-electron chi connectivity index (χ3n) is 16.1. The molecule has 23 nitrogen and oxygen atoms in total. The fraction of sp³-hybridized carbons (Fsp3) is 0.538. The summed E-state index contributed by atoms with van der Waals surface area (Å²) in [7, 11) is 15.5. The zero-order valence-electron chi connectivity index (χ0n) is 48.7. The molecule has 6 aromatic rings. The fourth-order valence-corrected chi connectivity index (χ4v) is 8.57. The molecule has 4 N–H and O–H groups in total. The Kier molecular flexibility index (Phi) is 22.4. The van der Waals surface area contributed by atoms with Gasteiger partial charge in [-0.25, -0.2) is 29.1 Å². The summed E-state index contributed by atoms with van der Waals surface area (Å²) in [5.41, 5.74) is -1.70. The number of hydroxylamine groups is 10. The Balaban J connectivity index is 0.000000274. The lowest BCUT2D eigenvalue weighted by atomic mass is 9.84. The molecule has 0 saturated carbocycles. The second kappa shape index (κ2) is 26.2. The summed E-state index contributed by atoms with van der Waals surface area (Å²) in [6.07, 6.45) is 21.5. The van der Waals surface area contributed by atoms with E-state index in [2.05, 4.69) is 58.7 Å². The van der Waals surface area contributed by atoms with E-state index < -0.39 is 39.4 Å². The molecule has 26 heteroatoms. The van der Waals surface area contributed by atoms with E-state index in [1.165, 1.54) is 5.56 Å². The SMILES string of the molecule is CCCc1ccc(Cn2cc[n+](C)c2C2=[N+]([O-])C(C)(C)C(C)(C)[NH+]2[O-])cc1.Cn1ccnc1.Cn1ccnc1C1=[N+]([O-])C(C)(C)C(C)(C)[NH+]1[O-].Cn1ccnc1C1N(O)C(C)(C)C(C)(C)N1O.Cn1ccnc1C=O.[B]P.[Br-]. The number of amidine groups is 2. The van der Waals surface area contributed by atoms with E-state index in [1.54, 1.807) is 105 Å². The lowest BCUT2D eigenvalue weighted by Crippen LogP contribution is -3.17. The van der Waals surface area contributed by atoms with Crippen molar-refractivity contribution in [3.63, 3.8) is 0 Å². The van der Waals surface area contributed by atoms with Crippen molar-refractivity contribution < 1.29 is 56.4 Å². The minimum atomic E-state index is -0.788. The first-order valence-corrected chi connectivity index (χ1v) is 25.9. The van der Waals surface area contributed by atoms with Gasteiger partial charge in [-0.3, -0.25) is 14.9 Å². The molecule has 428 valence electrons. The molecule has 5 aromatic heterocycles. The van der Waals surface area contributed by atoms with Gasteiger partial charge in [-0.2, -0.15) is 19.2 Å². The van der Waals surface area contributed by atoms with Gasteiger partial charge in [0.25, 0.3) is 5.82 Å². The van der Waals surface area contributed by atoms with Gasteiger partial charge < -0.3 is 66.5 Å². The monoisotopic (exact) mass is 1160 g/mol. The van der Waals surface area contributed by atoms with Crippen LogP contribution in [0, 0.1) is 20.8 Å². The number of hydrogen-bond donors (Lipinski definition) is 4. The average Bonchev–Trinajstić information content (AvgIpc) is 4.28. The predicted octanol–water partition coefficient (Wildman–Crippen LogP) is 0.128. The first-order valence-electron chi connectivity index (χ1n) is 25.3. The molecule has 1 aromatic carbocycles. The molecular weight excluding hydrogens is 1080 g/mol. The van der Waals surface area contributed by atoms with Crippen molar-refractivity contribution in [3.8, 4) is 0 Å². The molecule has 0 aliphatic carbocycles. The molecule has 78 heavy (non-hydrogen) atoms. The number of carbonyl (C=O) groups excluding carboxylic acids is 1. The Morgan fingerprint density at radius 1 is 0.692 bits per heavy atom. The maximum absolute atomic E-state index is 13.1. The van der Waals surface area contributed by atoms with E-state index >= 15 is 0 Å². The molecule has 3 atom stereocenters. The van der Waals surface area contributed by atoms with Crippen LogP contribution < -0.4 is 31.7 Å². The van der Waals surface area contributed by atoms with Gasteiger partial charge in [-0.15, -0.1) is 9.48 Å². The summed E-state index contributed by atoms with van der Waals surface area (Å²) in [6, 6.07) is 8.56. The van der Waals surface area contributed by atoms with Crippen LogP contribution in [0.1, 0.15) is 142 Å². The second-order valence-corrected chi connectivity index (χ2v) is 22.4. The van der Waals surface area contributed by atoms with Crippen LogP contribution in [0.15, 0.2) is 92.6 Å². The van der Waals surface area contributed by atoms with Gasteiger partial charge in [0.2, 0.25) is 11.1 Å². The first-order chi connectivity index (χ1) is 35.8. The molecular formula is C52H83BBrN16O7P. The van der Waals surface area contributed by atoms with Crippen molar-refractivity contribution in [2.75, 3.05) is 0 Å². The normalized spacial score (nSPS) is 20.3. The van der Waals surface area contributed by atoms with Crippen LogP contribution in [0.25, 0.3) is 0 Å². The Labute approximate surface area is 473 Å². The lowest BCUT2D eigenvalue weighted by Gasteiger charge is -2.37. The van der Waals surface area contributed by atoms with E-state index in [0.717, 1.165) is 44.3 Å². The molecule has 0 amide bonds. The highest BCUT2D eigenvalue weighted by molar-refractivity contribution is 7.49. The summed E-state index contributed by atoms with van der Waals surface area (Å²) in [6.45, 7) is 24.9. The molecule has 2 radical (unpaired) electrons. The van der Waals surface area contributed by atoms with Crippen LogP contribution in [0.4, 0.5) is 0 Å². The number of aldehydes is 1. The largest absolute Gasteiger partial charge is 1.00 e. The van der Waals surface area contributed by atoms with Gasteiger partial charge >= 0.3 is 17.5 Å². The van der Waals surface area contributed by atoms with E-state index in [0.29, 0.717) is 29.8 Å². The summed E-state index contributed by atoms with van der Waals surface area (Å²) in [5.74, 6) is 2.57. The van der Waals surface area contributed by atoms with Crippen molar-refractivity contribution in [1.29, 1.82) is 0 Å². The van der Waals surface area contributed by atoms with Crippen LogP contribution in [-0.2, 0) is 48.2 Å². The Morgan fingerprint density at radius 2 is 1.17 bits per heavy atom. The minimum absolute atomic E-state index is 0. The predicted molar refractivity (Wildman–Crippen MR) is 297 cm³/mol. The third kappa shape index (κ3) is 12.9. The van der Waals surface area contributed by atoms with Crippen LogP contribution in [-0.4, -0.2) is 132 Å². The molecule has 3 aliphatic heterocycles. The molecule has 0 bridgehead atoms. The standard InChI is InChI=1S/C21H31N4O2.C11H20N4O2.C11H18N4O2.C5H6N2O.C4H6N2.BH2P.BrH/c1-7-8-16-9-11-17(12-10-16)15-23-14-13-22(6)18(23)19-24(26)20(2,3)21(4,5)25(19)27;2*1-10(2)11(3,4)15(17)9(14(10)16)8-12-6-7-13(8)5;1-7-3-2-6-5(7)4-8;1-6-3-2-5-4-6;1-2;/h9-14,24H,7-8,15H2,1-6H3;6-7,9,16-17H,1-5H3;6-7,14H,1-5H3;2-4H,1H3;2-4H,1H3;2H2;1H/q+1;;;;;;/p-1. The summed E-state index contributed by atoms with van der Waals surface area (Å²) < 4.78 is 12.6. The van der Waals surface area contributed by atoms with Crippen LogP contribution in [0.2, 0.25) is 0 Å². The van der Waals surface area contributed by atoms with Crippen molar-refractivity contribution >= 4 is 34.6 Å². The number of carbonyl (C=O) groups is 1. The number of benzene rings is 1. The summed E-state index contributed by atoms with van der Waals surface area (Å²) in [4.78, 5) is 25.8. The number of quaternary nitrogens is 2. The lowest BCUT2D eigenvalue weighted by molar-refractivity contribution is -0.811. The smallest absolute Gasteiger partial charge is 0.465 e. The molecule has 3 aliphatic rings. The number of halogens is 1. The summed E-state index contributed by atoms with van der Waals surface area (Å²) in [5, 5.41) is 73.5. The number of nitrogens with one attached hydrogen (secondary N) is 2. The second-order valence-electron chi connectivity index (χ2n) is 22.4. The zero-order chi connectivity index (χ0) is 58.4. The van der Waals surface area contributed by atoms with Gasteiger partial charge in [-0.1, -0.05) is 37.6 Å². The van der Waals surface area contributed by atoms with E-state index in [4.69, 9.17) is 0 Å². The van der Waals surface area contributed by atoms with Crippen molar-refractivity contribution in [3.05, 3.63) is 148 Å².